The lowest BCUT2D eigenvalue weighted by Gasteiger charge is -2.06. The number of pyridine rings is 2. The molecule has 0 aliphatic heterocycles. The van der Waals surface area contributed by atoms with Crippen LogP contribution in [0.25, 0.3) is 0 Å². The number of rotatable bonds is 4. The van der Waals surface area contributed by atoms with Gasteiger partial charge >= 0.3 is 0 Å². The fourth-order valence-electron chi connectivity index (χ4n) is 1.37. The number of hydrogen-bond acceptors (Lipinski definition) is 4. The summed E-state index contributed by atoms with van der Waals surface area (Å²) in [4.78, 5) is 8.01. The number of nitriles is 1. The van der Waals surface area contributed by atoms with Crippen molar-refractivity contribution in [1.82, 2.24) is 9.97 Å². The quantitative estimate of drug-likeness (QED) is 0.792. The fraction of sp³-hybridized carbons (Fsp3) is 0.154. The van der Waals surface area contributed by atoms with Crippen LogP contribution in [0.5, 0.6) is 5.75 Å². The zero-order valence-corrected chi connectivity index (χ0v) is 10.3. The SMILES string of the molecule is N#Cc1cc(COc2ccc(CCl)nc2)ccn1. The monoisotopic (exact) mass is 259 g/mol. The Morgan fingerprint density at radius 1 is 1.28 bits per heavy atom. The van der Waals surface area contributed by atoms with Gasteiger partial charge in [-0.25, -0.2) is 4.98 Å². The van der Waals surface area contributed by atoms with Crippen LogP contribution in [0.3, 0.4) is 0 Å². The van der Waals surface area contributed by atoms with Gasteiger partial charge in [-0.3, -0.25) is 4.98 Å². The molecule has 2 aromatic heterocycles. The van der Waals surface area contributed by atoms with Crippen LogP contribution >= 0.6 is 11.6 Å². The molecule has 0 aliphatic rings. The third kappa shape index (κ3) is 3.19. The number of hydrogen-bond donors (Lipinski definition) is 0. The van der Waals surface area contributed by atoms with E-state index in [9.17, 15) is 0 Å². The first-order chi connectivity index (χ1) is 8.81. The van der Waals surface area contributed by atoms with Crippen molar-refractivity contribution in [3.63, 3.8) is 0 Å². The topological polar surface area (TPSA) is 58.8 Å². The molecule has 0 atom stereocenters. The Morgan fingerprint density at radius 2 is 2.17 bits per heavy atom. The molecule has 2 rings (SSSR count). The van der Waals surface area contributed by atoms with Crippen LogP contribution in [0, 0.1) is 11.3 Å². The molecule has 2 aromatic rings. The van der Waals surface area contributed by atoms with Gasteiger partial charge in [0.2, 0.25) is 0 Å². The standard InChI is InChI=1S/C13H10ClN3O/c14-6-11-1-2-13(8-17-11)18-9-10-3-4-16-12(5-10)7-15/h1-5,8H,6,9H2. The van der Waals surface area contributed by atoms with Crippen LogP contribution in [0.15, 0.2) is 36.7 Å². The molecular weight excluding hydrogens is 250 g/mol. The highest BCUT2D eigenvalue weighted by atomic mass is 35.5. The molecule has 0 bridgehead atoms. The normalized spacial score (nSPS) is 9.78. The molecule has 0 aromatic carbocycles. The van der Waals surface area contributed by atoms with E-state index in [2.05, 4.69) is 9.97 Å². The molecule has 0 amide bonds. The Kier molecular flexibility index (Phi) is 4.11. The minimum Gasteiger partial charge on any atom is -0.487 e. The van der Waals surface area contributed by atoms with Crippen LogP contribution in [0.4, 0.5) is 0 Å². The molecule has 5 heteroatoms. The first kappa shape index (κ1) is 12.3. The summed E-state index contributed by atoms with van der Waals surface area (Å²) in [7, 11) is 0. The van der Waals surface area contributed by atoms with E-state index in [1.165, 1.54) is 0 Å². The number of aromatic nitrogens is 2. The predicted octanol–water partition coefficient (Wildman–Crippen LogP) is 2.67. The Hall–Kier alpha value is -2.12. The molecule has 0 N–H and O–H groups in total. The van der Waals surface area contributed by atoms with E-state index in [1.807, 2.05) is 18.2 Å². The highest BCUT2D eigenvalue weighted by Gasteiger charge is 1.99. The van der Waals surface area contributed by atoms with Gasteiger partial charge < -0.3 is 4.74 Å². The van der Waals surface area contributed by atoms with E-state index in [-0.39, 0.29) is 0 Å². The lowest BCUT2D eigenvalue weighted by atomic mass is 10.2. The van der Waals surface area contributed by atoms with Crippen LogP contribution in [-0.2, 0) is 12.5 Å². The zero-order chi connectivity index (χ0) is 12.8. The molecule has 2 heterocycles. The maximum Gasteiger partial charge on any atom is 0.140 e. The molecular formula is C13H10ClN3O. The van der Waals surface area contributed by atoms with Gasteiger partial charge in [0.15, 0.2) is 0 Å². The largest absolute Gasteiger partial charge is 0.487 e. The third-order valence-electron chi connectivity index (χ3n) is 2.28. The molecule has 0 radical (unpaired) electrons. The first-order valence-corrected chi connectivity index (χ1v) is 5.84. The van der Waals surface area contributed by atoms with Crippen LogP contribution in [-0.4, -0.2) is 9.97 Å². The van der Waals surface area contributed by atoms with Gasteiger partial charge in [-0.05, 0) is 29.8 Å². The van der Waals surface area contributed by atoms with Crippen molar-refractivity contribution < 1.29 is 4.74 Å². The van der Waals surface area contributed by atoms with Crippen LogP contribution in [0.2, 0.25) is 0 Å². The van der Waals surface area contributed by atoms with E-state index in [0.29, 0.717) is 23.9 Å². The van der Waals surface area contributed by atoms with Crippen molar-refractivity contribution in [2.45, 2.75) is 12.5 Å². The molecule has 0 saturated carbocycles. The first-order valence-electron chi connectivity index (χ1n) is 5.30. The Balaban J connectivity index is 2.00. The van der Waals surface area contributed by atoms with Crippen molar-refractivity contribution in [1.29, 1.82) is 5.26 Å². The predicted molar refractivity (Wildman–Crippen MR) is 67.1 cm³/mol. The summed E-state index contributed by atoms with van der Waals surface area (Å²) in [5.74, 6) is 1.05. The maximum absolute atomic E-state index is 8.73. The van der Waals surface area contributed by atoms with Crippen molar-refractivity contribution in [3.05, 3.63) is 53.6 Å². The molecule has 0 unspecified atom stereocenters. The van der Waals surface area contributed by atoms with E-state index < -0.39 is 0 Å². The average Bonchev–Trinajstić information content (AvgIpc) is 2.46. The van der Waals surface area contributed by atoms with Gasteiger partial charge in [0.1, 0.15) is 24.1 Å². The second-order valence-electron chi connectivity index (χ2n) is 3.57. The molecule has 0 spiro atoms. The number of halogens is 1. The average molecular weight is 260 g/mol. The minimum absolute atomic E-state index is 0.374. The molecule has 4 nitrogen and oxygen atoms in total. The third-order valence-corrected chi connectivity index (χ3v) is 2.55. The fourth-order valence-corrected chi connectivity index (χ4v) is 1.53. The van der Waals surface area contributed by atoms with E-state index >= 15 is 0 Å². The van der Waals surface area contributed by atoms with Crippen molar-refractivity contribution in [2.24, 2.45) is 0 Å². The number of nitrogens with zero attached hydrogens (tertiary/aromatic N) is 3. The summed E-state index contributed by atoms with van der Waals surface area (Å²) in [6.45, 7) is 0.374. The van der Waals surface area contributed by atoms with E-state index in [1.54, 1.807) is 24.5 Å². The lowest BCUT2D eigenvalue weighted by Crippen LogP contribution is -1.97. The molecule has 90 valence electrons. The Labute approximate surface area is 110 Å². The van der Waals surface area contributed by atoms with Gasteiger partial charge in [0.25, 0.3) is 0 Å². The molecule has 0 fully saturated rings. The van der Waals surface area contributed by atoms with Crippen molar-refractivity contribution >= 4 is 11.6 Å². The van der Waals surface area contributed by atoms with Crippen molar-refractivity contribution in [3.8, 4) is 11.8 Å². The summed E-state index contributed by atoms with van der Waals surface area (Å²) >= 11 is 5.64. The summed E-state index contributed by atoms with van der Waals surface area (Å²) in [6, 6.07) is 9.12. The minimum atomic E-state index is 0.374. The van der Waals surface area contributed by atoms with Crippen molar-refractivity contribution in [2.75, 3.05) is 0 Å². The maximum atomic E-state index is 8.73. The Bertz CT molecular complexity index is 563. The molecule has 18 heavy (non-hydrogen) atoms. The van der Waals surface area contributed by atoms with Crippen LogP contribution in [0.1, 0.15) is 17.0 Å². The van der Waals surface area contributed by atoms with Gasteiger partial charge in [-0.15, -0.1) is 11.6 Å². The zero-order valence-electron chi connectivity index (χ0n) is 9.51. The second kappa shape index (κ2) is 5.99. The smallest absolute Gasteiger partial charge is 0.140 e. The summed E-state index contributed by atoms with van der Waals surface area (Å²) in [5.41, 5.74) is 2.08. The Morgan fingerprint density at radius 3 is 2.83 bits per heavy atom. The van der Waals surface area contributed by atoms with Gasteiger partial charge in [-0.2, -0.15) is 5.26 Å². The van der Waals surface area contributed by atoms with Gasteiger partial charge in [0.05, 0.1) is 17.8 Å². The summed E-state index contributed by atoms with van der Waals surface area (Å²) in [6.07, 6.45) is 3.22. The number of ether oxygens (including phenoxy) is 1. The van der Waals surface area contributed by atoms with Gasteiger partial charge in [-0.1, -0.05) is 0 Å². The highest BCUT2D eigenvalue weighted by molar-refractivity contribution is 6.16. The van der Waals surface area contributed by atoms with E-state index in [4.69, 9.17) is 21.6 Å². The summed E-state index contributed by atoms with van der Waals surface area (Å²) < 4.78 is 5.55. The van der Waals surface area contributed by atoms with E-state index in [0.717, 1.165) is 11.3 Å². The lowest BCUT2D eigenvalue weighted by molar-refractivity contribution is 0.304. The van der Waals surface area contributed by atoms with Gasteiger partial charge in [0, 0.05) is 6.20 Å². The molecule has 0 saturated heterocycles. The molecule has 0 aliphatic carbocycles. The highest BCUT2D eigenvalue weighted by Crippen LogP contribution is 2.12. The number of alkyl halides is 1. The summed E-state index contributed by atoms with van der Waals surface area (Å²) in [5, 5.41) is 8.73. The second-order valence-corrected chi connectivity index (χ2v) is 3.84. The van der Waals surface area contributed by atoms with Crippen LogP contribution < -0.4 is 4.74 Å².